The van der Waals surface area contributed by atoms with Crippen molar-refractivity contribution in [1.29, 1.82) is 0 Å². The Bertz CT molecular complexity index is 227. The lowest BCUT2D eigenvalue weighted by Gasteiger charge is -2.02. The molecule has 0 bridgehead atoms. The topological polar surface area (TPSA) is 22.1 Å². The number of halogens is 1. The molecule has 0 saturated carbocycles. The molecule has 3 heteroatoms. The second-order valence-corrected chi connectivity index (χ2v) is 2.24. The van der Waals surface area contributed by atoms with E-state index in [1.165, 1.54) is 0 Å². The van der Waals surface area contributed by atoms with E-state index in [1.54, 1.807) is 12.4 Å². The molecule has 0 N–H and O–H groups in total. The highest BCUT2D eigenvalue weighted by Crippen LogP contribution is 2.09. The maximum absolute atomic E-state index is 11.6. The van der Waals surface area contributed by atoms with Crippen LogP contribution in [0.5, 0.6) is 5.75 Å². The summed E-state index contributed by atoms with van der Waals surface area (Å²) in [5.74, 6) is 0.627. The summed E-state index contributed by atoms with van der Waals surface area (Å²) >= 11 is 0. The van der Waals surface area contributed by atoms with Crippen LogP contribution in [0.15, 0.2) is 18.5 Å². The molecule has 11 heavy (non-hydrogen) atoms. The average Bonchev–Trinajstić information content (AvgIpc) is 2.01. The fourth-order valence-corrected chi connectivity index (χ4v) is 0.763. The first-order chi connectivity index (χ1) is 5.33. The first-order valence-electron chi connectivity index (χ1n) is 3.43. The third-order valence-electron chi connectivity index (χ3n) is 1.20. The molecular weight excluding hydrogens is 145 g/mol. The van der Waals surface area contributed by atoms with Crippen LogP contribution < -0.4 is 4.74 Å². The van der Waals surface area contributed by atoms with Crippen molar-refractivity contribution < 1.29 is 9.13 Å². The predicted octanol–water partition coefficient (Wildman–Crippen LogP) is 1.74. The Morgan fingerprint density at radius 2 is 2.36 bits per heavy atom. The van der Waals surface area contributed by atoms with E-state index in [9.17, 15) is 4.39 Å². The molecule has 0 amide bonds. The largest absolute Gasteiger partial charge is 0.489 e. The third kappa shape index (κ3) is 2.53. The van der Waals surface area contributed by atoms with Crippen molar-refractivity contribution in [3.05, 3.63) is 24.0 Å². The van der Waals surface area contributed by atoms with Crippen LogP contribution in [0.25, 0.3) is 0 Å². The van der Waals surface area contributed by atoms with Gasteiger partial charge in [0.1, 0.15) is 19.0 Å². The highest BCUT2D eigenvalue weighted by Gasteiger charge is 1.92. The molecule has 1 aromatic heterocycles. The van der Waals surface area contributed by atoms with Crippen LogP contribution >= 0.6 is 0 Å². The summed E-state index contributed by atoms with van der Waals surface area (Å²) in [6, 6.07) is 1.82. The van der Waals surface area contributed by atoms with Gasteiger partial charge in [0.2, 0.25) is 0 Å². The molecule has 0 atom stereocenters. The normalized spacial score (nSPS) is 9.64. The average molecular weight is 155 g/mol. The van der Waals surface area contributed by atoms with E-state index in [0.29, 0.717) is 5.75 Å². The Hall–Kier alpha value is -1.12. The molecule has 0 fully saturated rings. The molecular formula is C8H10FNO. The van der Waals surface area contributed by atoms with Crippen LogP contribution in [0.4, 0.5) is 4.39 Å². The van der Waals surface area contributed by atoms with Gasteiger partial charge in [0.25, 0.3) is 0 Å². The number of hydrogen-bond acceptors (Lipinski definition) is 2. The van der Waals surface area contributed by atoms with E-state index in [1.807, 2.05) is 13.0 Å². The Kier molecular flexibility index (Phi) is 2.83. The SMILES string of the molecule is Cc1cncc(OCCF)c1. The first kappa shape index (κ1) is 7.98. The van der Waals surface area contributed by atoms with E-state index in [-0.39, 0.29) is 6.61 Å². The highest BCUT2D eigenvalue weighted by atomic mass is 19.1. The second-order valence-electron chi connectivity index (χ2n) is 2.24. The Balaban J connectivity index is 2.56. The molecule has 1 rings (SSSR count). The molecule has 2 nitrogen and oxygen atoms in total. The fraction of sp³-hybridized carbons (Fsp3) is 0.375. The van der Waals surface area contributed by atoms with Gasteiger partial charge in [0, 0.05) is 6.20 Å². The number of hydrogen-bond donors (Lipinski definition) is 0. The van der Waals surface area contributed by atoms with Gasteiger partial charge in [-0.15, -0.1) is 0 Å². The summed E-state index contributed by atoms with van der Waals surface area (Å²) in [4.78, 5) is 3.89. The van der Waals surface area contributed by atoms with Gasteiger partial charge in [-0.1, -0.05) is 0 Å². The Morgan fingerprint density at radius 3 is 3.00 bits per heavy atom. The number of aromatic nitrogens is 1. The van der Waals surface area contributed by atoms with Crippen molar-refractivity contribution in [2.45, 2.75) is 6.92 Å². The maximum atomic E-state index is 11.6. The lowest BCUT2D eigenvalue weighted by atomic mass is 10.3. The van der Waals surface area contributed by atoms with Crippen molar-refractivity contribution in [3.8, 4) is 5.75 Å². The zero-order valence-electron chi connectivity index (χ0n) is 6.38. The molecule has 0 saturated heterocycles. The fourth-order valence-electron chi connectivity index (χ4n) is 0.763. The second kappa shape index (κ2) is 3.91. The van der Waals surface area contributed by atoms with E-state index >= 15 is 0 Å². The van der Waals surface area contributed by atoms with Crippen molar-refractivity contribution in [1.82, 2.24) is 4.98 Å². The molecule has 0 spiro atoms. The third-order valence-corrected chi connectivity index (χ3v) is 1.20. The van der Waals surface area contributed by atoms with Crippen LogP contribution in [0.3, 0.4) is 0 Å². The molecule has 0 aliphatic rings. The zero-order valence-corrected chi connectivity index (χ0v) is 6.38. The maximum Gasteiger partial charge on any atom is 0.137 e. The van der Waals surface area contributed by atoms with E-state index in [4.69, 9.17) is 4.74 Å². The van der Waals surface area contributed by atoms with Gasteiger partial charge in [0.15, 0.2) is 0 Å². The minimum Gasteiger partial charge on any atom is -0.489 e. The van der Waals surface area contributed by atoms with E-state index in [2.05, 4.69) is 4.98 Å². The quantitative estimate of drug-likeness (QED) is 0.663. The Labute approximate surface area is 65.0 Å². The lowest BCUT2D eigenvalue weighted by Crippen LogP contribution is -1.98. The van der Waals surface area contributed by atoms with Crippen molar-refractivity contribution in [2.75, 3.05) is 13.3 Å². The summed E-state index contributed by atoms with van der Waals surface area (Å²) < 4.78 is 16.6. The Morgan fingerprint density at radius 1 is 1.55 bits per heavy atom. The predicted molar refractivity (Wildman–Crippen MR) is 40.4 cm³/mol. The van der Waals surface area contributed by atoms with E-state index < -0.39 is 6.67 Å². The minimum absolute atomic E-state index is 0.102. The van der Waals surface area contributed by atoms with Crippen LogP contribution in [-0.4, -0.2) is 18.3 Å². The lowest BCUT2D eigenvalue weighted by molar-refractivity contribution is 0.272. The molecule has 60 valence electrons. The van der Waals surface area contributed by atoms with Crippen LogP contribution in [0.2, 0.25) is 0 Å². The molecule has 1 aromatic rings. The molecule has 0 unspecified atom stereocenters. The summed E-state index contributed by atoms with van der Waals surface area (Å²) in [6.45, 7) is 1.55. The van der Waals surface area contributed by atoms with Crippen LogP contribution in [0.1, 0.15) is 5.56 Å². The smallest absolute Gasteiger partial charge is 0.137 e. The van der Waals surface area contributed by atoms with Crippen molar-refractivity contribution >= 4 is 0 Å². The molecule has 0 aliphatic heterocycles. The summed E-state index contributed by atoms with van der Waals surface area (Å²) in [6.07, 6.45) is 3.30. The number of pyridine rings is 1. The minimum atomic E-state index is -0.464. The zero-order chi connectivity index (χ0) is 8.10. The first-order valence-corrected chi connectivity index (χ1v) is 3.43. The van der Waals surface area contributed by atoms with Gasteiger partial charge in [-0.25, -0.2) is 4.39 Å². The van der Waals surface area contributed by atoms with Crippen LogP contribution in [0, 0.1) is 6.92 Å². The highest BCUT2D eigenvalue weighted by molar-refractivity contribution is 5.22. The van der Waals surface area contributed by atoms with Gasteiger partial charge in [0.05, 0.1) is 6.20 Å². The summed E-state index contributed by atoms with van der Waals surface area (Å²) in [7, 11) is 0. The molecule has 0 aliphatic carbocycles. The van der Waals surface area contributed by atoms with Gasteiger partial charge < -0.3 is 4.74 Å². The van der Waals surface area contributed by atoms with Gasteiger partial charge in [-0.3, -0.25) is 4.98 Å². The van der Waals surface area contributed by atoms with E-state index in [0.717, 1.165) is 5.56 Å². The van der Waals surface area contributed by atoms with Gasteiger partial charge in [-0.2, -0.15) is 0 Å². The summed E-state index contributed by atoms with van der Waals surface area (Å²) in [5.41, 5.74) is 1.02. The van der Waals surface area contributed by atoms with Gasteiger partial charge in [-0.05, 0) is 18.6 Å². The number of nitrogens with zero attached hydrogens (tertiary/aromatic N) is 1. The van der Waals surface area contributed by atoms with Crippen molar-refractivity contribution in [3.63, 3.8) is 0 Å². The van der Waals surface area contributed by atoms with Crippen molar-refractivity contribution in [2.24, 2.45) is 0 Å². The number of aryl methyl sites for hydroxylation is 1. The monoisotopic (exact) mass is 155 g/mol. The number of alkyl halides is 1. The summed E-state index contributed by atoms with van der Waals surface area (Å²) in [5, 5.41) is 0. The molecule has 1 heterocycles. The molecule has 0 radical (unpaired) electrons. The van der Waals surface area contributed by atoms with Gasteiger partial charge >= 0.3 is 0 Å². The standard InChI is InChI=1S/C8H10FNO/c1-7-4-8(6-10-5-7)11-3-2-9/h4-6H,2-3H2,1H3. The molecule has 0 aromatic carbocycles. The number of ether oxygens (including phenoxy) is 1. The van der Waals surface area contributed by atoms with Crippen LogP contribution in [-0.2, 0) is 0 Å². The number of rotatable bonds is 3.